The molecule has 0 spiro atoms. The fourth-order valence-corrected chi connectivity index (χ4v) is 2.70. The minimum Gasteiger partial charge on any atom is -0.494 e. The molecule has 0 saturated heterocycles. The van der Waals surface area contributed by atoms with Gasteiger partial charge in [0.15, 0.2) is 0 Å². The molecule has 1 heterocycles. The second-order valence-electron chi connectivity index (χ2n) is 5.73. The highest BCUT2D eigenvalue weighted by molar-refractivity contribution is 5.85. The Bertz CT molecular complexity index is 539. The van der Waals surface area contributed by atoms with Crippen molar-refractivity contribution in [2.24, 2.45) is 5.41 Å². The van der Waals surface area contributed by atoms with E-state index in [1.54, 1.807) is 0 Å². The minimum atomic E-state index is -0.546. The lowest BCUT2D eigenvalue weighted by Gasteiger charge is -2.28. The highest BCUT2D eigenvalue weighted by Crippen LogP contribution is 2.46. The number of rotatable bonds is 5. The molecule has 1 fully saturated rings. The Kier molecular flexibility index (Phi) is 3.76. The van der Waals surface area contributed by atoms with Crippen LogP contribution >= 0.6 is 0 Å². The lowest BCUT2D eigenvalue weighted by Crippen LogP contribution is -2.38. The predicted molar refractivity (Wildman–Crippen MR) is 77.4 cm³/mol. The van der Waals surface area contributed by atoms with Gasteiger partial charge in [-0.25, -0.2) is 0 Å². The van der Waals surface area contributed by atoms with Crippen molar-refractivity contribution in [3.8, 4) is 11.5 Å². The molecule has 1 aromatic rings. The van der Waals surface area contributed by atoms with Crippen molar-refractivity contribution in [2.45, 2.75) is 32.2 Å². The maximum absolute atomic E-state index is 12.3. The van der Waals surface area contributed by atoms with Crippen LogP contribution in [0.3, 0.4) is 0 Å². The quantitative estimate of drug-likeness (QED) is 0.868. The number of benzene rings is 1. The topological polar surface area (TPSA) is 67.8 Å². The first-order valence-electron chi connectivity index (χ1n) is 7.50. The molecule has 0 radical (unpaired) electrons. The third kappa shape index (κ3) is 2.70. The molecule has 3 rings (SSSR count). The molecule has 21 heavy (non-hydrogen) atoms. The molecule has 1 atom stereocenters. The Hall–Kier alpha value is -1.75. The summed E-state index contributed by atoms with van der Waals surface area (Å²) in [6.45, 7) is 3.05. The number of carbonyl (C=O) groups excluding carboxylic acids is 1. The number of aliphatic hydroxyl groups is 1. The first-order chi connectivity index (χ1) is 10.2. The van der Waals surface area contributed by atoms with Crippen LogP contribution in [0, 0.1) is 5.41 Å². The van der Waals surface area contributed by atoms with Crippen LogP contribution in [0.25, 0.3) is 0 Å². The monoisotopic (exact) mass is 291 g/mol. The number of aliphatic hydroxyl groups excluding tert-OH is 1. The maximum Gasteiger partial charge on any atom is 0.229 e. The van der Waals surface area contributed by atoms with Gasteiger partial charge >= 0.3 is 0 Å². The third-order valence-corrected chi connectivity index (χ3v) is 4.27. The second kappa shape index (κ2) is 5.56. The van der Waals surface area contributed by atoms with E-state index < -0.39 is 5.41 Å². The predicted octanol–water partition coefficient (Wildman–Crippen LogP) is 1.80. The summed E-state index contributed by atoms with van der Waals surface area (Å²) in [4.78, 5) is 12.3. The van der Waals surface area contributed by atoms with Gasteiger partial charge in [-0.3, -0.25) is 4.79 Å². The molecule has 114 valence electrons. The summed E-state index contributed by atoms with van der Waals surface area (Å²) in [5.41, 5.74) is 0.407. The van der Waals surface area contributed by atoms with Gasteiger partial charge in [-0.1, -0.05) is 0 Å². The van der Waals surface area contributed by atoms with E-state index in [9.17, 15) is 9.90 Å². The average molecular weight is 291 g/mol. The molecule has 1 saturated carbocycles. The fourth-order valence-electron chi connectivity index (χ4n) is 2.70. The number of fused-ring (bicyclic) bond motifs is 1. The zero-order valence-corrected chi connectivity index (χ0v) is 12.2. The number of ether oxygens (including phenoxy) is 2. The number of amides is 1. The third-order valence-electron chi connectivity index (χ3n) is 4.27. The van der Waals surface area contributed by atoms with E-state index in [2.05, 4.69) is 5.32 Å². The van der Waals surface area contributed by atoms with E-state index in [1.165, 1.54) is 0 Å². The Morgan fingerprint density at radius 3 is 3.00 bits per heavy atom. The molecular weight excluding hydrogens is 270 g/mol. The van der Waals surface area contributed by atoms with Crippen LogP contribution in [-0.2, 0) is 4.79 Å². The highest BCUT2D eigenvalue weighted by atomic mass is 16.5. The van der Waals surface area contributed by atoms with Crippen molar-refractivity contribution in [2.75, 3.05) is 19.8 Å². The number of hydrogen-bond acceptors (Lipinski definition) is 4. The van der Waals surface area contributed by atoms with Crippen molar-refractivity contribution < 1.29 is 19.4 Å². The Morgan fingerprint density at radius 1 is 1.52 bits per heavy atom. The van der Waals surface area contributed by atoms with Crippen LogP contribution in [0.1, 0.15) is 37.8 Å². The summed E-state index contributed by atoms with van der Waals surface area (Å²) in [7, 11) is 0. The van der Waals surface area contributed by atoms with Crippen LogP contribution in [0.4, 0.5) is 0 Å². The summed E-state index contributed by atoms with van der Waals surface area (Å²) in [5.74, 6) is 1.53. The summed E-state index contributed by atoms with van der Waals surface area (Å²) in [6, 6.07) is 5.62. The molecule has 1 aromatic carbocycles. The van der Waals surface area contributed by atoms with Crippen molar-refractivity contribution in [3.63, 3.8) is 0 Å². The van der Waals surface area contributed by atoms with Gasteiger partial charge in [0, 0.05) is 12.0 Å². The fraction of sp³-hybridized carbons (Fsp3) is 0.562. The minimum absolute atomic E-state index is 0.0512. The maximum atomic E-state index is 12.3. The van der Waals surface area contributed by atoms with Gasteiger partial charge in [0.25, 0.3) is 0 Å². The molecule has 0 bridgehead atoms. The molecule has 2 N–H and O–H groups in total. The van der Waals surface area contributed by atoms with Crippen molar-refractivity contribution in [1.82, 2.24) is 5.32 Å². The number of hydrogen-bond donors (Lipinski definition) is 2. The van der Waals surface area contributed by atoms with Crippen molar-refractivity contribution >= 4 is 5.91 Å². The molecular formula is C16H21NO4. The van der Waals surface area contributed by atoms with Crippen LogP contribution in [-0.4, -0.2) is 30.8 Å². The standard InChI is InChI=1S/C16H21NO4/c1-2-20-11-3-4-14-12(9-11)13(5-8-21-14)17-15(19)16(10-18)6-7-16/h3-4,9,13,18H,2,5-8,10H2,1H3,(H,17,19). The normalized spacial score (nSPS) is 21.9. The van der Waals surface area contributed by atoms with Crippen LogP contribution in [0.15, 0.2) is 18.2 Å². The molecule has 1 aliphatic heterocycles. The molecule has 1 amide bonds. The van der Waals surface area contributed by atoms with Crippen molar-refractivity contribution in [1.29, 1.82) is 0 Å². The SMILES string of the molecule is CCOc1ccc2c(c1)C(NC(=O)C1(CO)CC1)CCO2. The first kappa shape index (κ1) is 14.2. The molecule has 5 heteroatoms. The highest BCUT2D eigenvalue weighted by Gasteiger charge is 2.50. The van der Waals surface area contributed by atoms with E-state index in [0.29, 0.717) is 13.2 Å². The Labute approximate surface area is 124 Å². The average Bonchev–Trinajstić information content (AvgIpc) is 3.29. The summed E-state index contributed by atoms with van der Waals surface area (Å²) in [6.07, 6.45) is 2.27. The van der Waals surface area contributed by atoms with Gasteiger partial charge in [0.2, 0.25) is 5.91 Å². The van der Waals surface area contributed by atoms with Gasteiger partial charge in [-0.05, 0) is 38.0 Å². The molecule has 1 unspecified atom stereocenters. The van der Waals surface area contributed by atoms with Crippen molar-refractivity contribution in [3.05, 3.63) is 23.8 Å². The van der Waals surface area contributed by atoms with E-state index in [1.807, 2.05) is 25.1 Å². The summed E-state index contributed by atoms with van der Waals surface area (Å²) < 4.78 is 11.2. The van der Waals surface area contributed by atoms with E-state index in [0.717, 1.165) is 36.3 Å². The zero-order chi connectivity index (χ0) is 14.9. The van der Waals surface area contributed by atoms with Gasteiger partial charge in [-0.2, -0.15) is 0 Å². The second-order valence-corrected chi connectivity index (χ2v) is 5.73. The molecule has 1 aliphatic carbocycles. The number of carbonyl (C=O) groups is 1. The zero-order valence-electron chi connectivity index (χ0n) is 12.2. The molecule has 0 aromatic heterocycles. The molecule has 5 nitrogen and oxygen atoms in total. The van der Waals surface area contributed by atoms with E-state index >= 15 is 0 Å². The lowest BCUT2D eigenvalue weighted by molar-refractivity contribution is -0.128. The number of nitrogens with one attached hydrogen (secondary N) is 1. The smallest absolute Gasteiger partial charge is 0.229 e. The van der Waals surface area contributed by atoms with Crippen LogP contribution in [0.5, 0.6) is 11.5 Å². The van der Waals surface area contributed by atoms with Gasteiger partial charge < -0.3 is 19.9 Å². The van der Waals surface area contributed by atoms with Gasteiger partial charge in [0.1, 0.15) is 11.5 Å². The largest absolute Gasteiger partial charge is 0.494 e. The lowest BCUT2D eigenvalue weighted by atomic mass is 9.98. The van der Waals surface area contributed by atoms with E-state index in [4.69, 9.17) is 9.47 Å². The summed E-state index contributed by atoms with van der Waals surface area (Å²) in [5, 5.41) is 12.4. The van der Waals surface area contributed by atoms with E-state index in [-0.39, 0.29) is 18.6 Å². The summed E-state index contributed by atoms with van der Waals surface area (Å²) >= 11 is 0. The van der Waals surface area contributed by atoms with Crippen LogP contribution in [0.2, 0.25) is 0 Å². The first-order valence-corrected chi connectivity index (χ1v) is 7.50. The Balaban J connectivity index is 1.79. The Morgan fingerprint density at radius 2 is 2.33 bits per heavy atom. The van der Waals surface area contributed by atoms with Gasteiger partial charge in [-0.15, -0.1) is 0 Å². The molecule has 2 aliphatic rings. The van der Waals surface area contributed by atoms with Gasteiger partial charge in [0.05, 0.1) is 31.3 Å². The van der Waals surface area contributed by atoms with Crippen LogP contribution < -0.4 is 14.8 Å².